The third-order valence-corrected chi connectivity index (χ3v) is 7.17. The van der Waals surface area contributed by atoms with Crippen LogP contribution in [-0.2, 0) is 26.2 Å². The predicted octanol–water partition coefficient (Wildman–Crippen LogP) is 4.36. The standard InChI is InChI=1S/C23H28Cl3N3O5S/c1-14(2)27-23(31)15(3)28(12-16-7-6-8-17(9-16)34-4)22(30)13-29(35(5,32)33)21-11-19(25)18(24)10-20(21)26/h6-11,14-15H,12-13H2,1-5H3,(H,27,31). The molecule has 0 saturated heterocycles. The first-order chi connectivity index (χ1) is 16.2. The molecule has 0 spiro atoms. The highest BCUT2D eigenvalue weighted by Crippen LogP contribution is 2.35. The third-order valence-electron chi connectivity index (χ3n) is 5.02. The zero-order chi connectivity index (χ0) is 26.5. The van der Waals surface area contributed by atoms with Crippen LogP contribution in [0.1, 0.15) is 26.3 Å². The Morgan fingerprint density at radius 2 is 1.66 bits per heavy atom. The molecule has 8 nitrogen and oxygen atoms in total. The maximum Gasteiger partial charge on any atom is 0.244 e. The van der Waals surface area contributed by atoms with Crippen LogP contribution in [0.5, 0.6) is 5.75 Å². The van der Waals surface area contributed by atoms with Gasteiger partial charge in [-0.25, -0.2) is 8.42 Å². The van der Waals surface area contributed by atoms with Gasteiger partial charge in [0.2, 0.25) is 21.8 Å². The number of benzene rings is 2. The Hall–Kier alpha value is -2.20. The lowest BCUT2D eigenvalue weighted by Crippen LogP contribution is -2.52. The quantitative estimate of drug-likeness (QED) is 0.433. The van der Waals surface area contributed by atoms with Crippen LogP contribution in [0.4, 0.5) is 5.69 Å². The molecule has 0 saturated carbocycles. The Morgan fingerprint density at radius 3 is 2.23 bits per heavy atom. The average molecular weight is 565 g/mol. The Balaban J connectivity index is 2.47. The van der Waals surface area contributed by atoms with Crippen LogP contribution in [-0.4, -0.2) is 57.1 Å². The van der Waals surface area contributed by atoms with Gasteiger partial charge in [0.05, 0.1) is 34.1 Å². The number of anilines is 1. The van der Waals surface area contributed by atoms with Crippen molar-refractivity contribution in [2.75, 3.05) is 24.2 Å². The molecule has 1 unspecified atom stereocenters. The first-order valence-corrected chi connectivity index (χ1v) is 13.6. The van der Waals surface area contributed by atoms with Gasteiger partial charge in [-0.1, -0.05) is 46.9 Å². The average Bonchev–Trinajstić information content (AvgIpc) is 2.76. The number of ether oxygens (including phenoxy) is 1. The smallest absolute Gasteiger partial charge is 0.244 e. The molecule has 1 atom stereocenters. The number of hydrogen-bond acceptors (Lipinski definition) is 5. The molecule has 0 heterocycles. The molecule has 0 aliphatic heterocycles. The fourth-order valence-corrected chi connectivity index (χ4v) is 4.80. The van der Waals surface area contributed by atoms with Crippen LogP contribution >= 0.6 is 34.8 Å². The van der Waals surface area contributed by atoms with Crippen LogP contribution in [0.15, 0.2) is 36.4 Å². The van der Waals surface area contributed by atoms with Crippen molar-refractivity contribution >= 4 is 62.3 Å². The molecule has 0 aliphatic rings. The van der Waals surface area contributed by atoms with Crippen molar-refractivity contribution in [3.05, 3.63) is 57.0 Å². The molecule has 1 N–H and O–H groups in total. The number of sulfonamides is 1. The molecule has 0 radical (unpaired) electrons. The van der Waals surface area contributed by atoms with Gasteiger partial charge >= 0.3 is 0 Å². The fraction of sp³-hybridized carbons (Fsp3) is 0.391. The molecule has 2 aromatic rings. The summed E-state index contributed by atoms with van der Waals surface area (Å²) in [5.74, 6) is -0.420. The monoisotopic (exact) mass is 563 g/mol. The van der Waals surface area contributed by atoms with Crippen molar-refractivity contribution < 1.29 is 22.7 Å². The summed E-state index contributed by atoms with van der Waals surface area (Å²) >= 11 is 18.3. The highest BCUT2D eigenvalue weighted by Gasteiger charge is 2.31. The summed E-state index contributed by atoms with van der Waals surface area (Å²) in [6.07, 6.45) is 0.945. The van der Waals surface area contributed by atoms with Crippen molar-refractivity contribution in [2.24, 2.45) is 0 Å². The first kappa shape index (κ1) is 29.0. The topological polar surface area (TPSA) is 96.0 Å². The van der Waals surface area contributed by atoms with Gasteiger partial charge in [-0.3, -0.25) is 13.9 Å². The second kappa shape index (κ2) is 12.2. The van der Waals surface area contributed by atoms with Crippen molar-refractivity contribution in [1.29, 1.82) is 0 Å². The van der Waals surface area contributed by atoms with Crippen molar-refractivity contribution in [1.82, 2.24) is 10.2 Å². The number of rotatable bonds is 10. The van der Waals surface area contributed by atoms with Gasteiger partial charge in [0.25, 0.3) is 0 Å². The first-order valence-electron chi connectivity index (χ1n) is 10.6. The second-order valence-electron chi connectivity index (χ2n) is 8.20. The number of methoxy groups -OCH3 is 1. The van der Waals surface area contributed by atoms with E-state index in [1.807, 2.05) is 0 Å². The minimum atomic E-state index is -3.97. The van der Waals surface area contributed by atoms with E-state index >= 15 is 0 Å². The summed E-state index contributed by atoms with van der Waals surface area (Å²) < 4.78 is 31.4. The highest BCUT2D eigenvalue weighted by atomic mass is 35.5. The van der Waals surface area contributed by atoms with E-state index in [2.05, 4.69) is 5.32 Å². The number of carbonyl (C=O) groups excluding carboxylic acids is 2. The lowest BCUT2D eigenvalue weighted by Gasteiger charge is -2.32. The summed E-state index contributed by atoms with van der Waals surface area (Å²) in [6, 6.07) is 8.55. The van der Waals surface area contributed by atoms with Gasteiger partial charge in [-0.05, 0) is 50.6 Å². The molecule has 2 aromatic carbocycles. The third kappa shape index (κ3) is 7.90. The number of carbonyl (C=O) groups is 2. The lowest BCUT2D eigenvalue weighted by molar-refractivity contribution is -0.139. The molecular formula is C23H28Cl3N3O5S. The molecule has 12 heteroatoms. The summed E-state index contributed by atoms with van der Waals surface area (Å²) in [5.41, 5.74) is 0.693. The Morgan fingerprint density at radius 1 is 1.03 bits per heavy atom. The number of hydrogen-bond donors (Lipinski definition) is 1. The number of halogens is 3. The zero-order valence-electron chi connectivity index (χ0n) is 20.0. The largest absolute Gasteiger partial charge is 0.497 e. The molecular weight excluding hydrogens is 537 g/mol. The maximum absolute atomic E-state index is 13.5. The van der Waals surface area contributed by atoms with Crippen LogP contribution in [0, 0.1) is 0 Å². The number of amides is 2. The van der Waals surface area contributed by atoms with Crippen LogP contribution in [0.2, 0.25) is 15.1 Å². The molecule has 0 bridgehead atoms. The Labute approximate surface area is 221 Å². The van der Waals surface area contributed by atoms with Crippen LogP contribution in [0.3, 0.4) is 0 Å². The number of nitrogens with one attached hydrogen (secondary N) is 1. The Bertz CT molecular complexity index is 1190. The highest BCUT2D eigenvalue weighted by molar-refractivity contribution is 7.92. The van der Waals surface area contributed by atoms with Gasteiger partial charge < -0.3 is 15.0 Å². The van der Waals surface area contributed by atoms with Gasteiger partial charge in [0.15, 0.2) is 0 Å². The summed E-state index contributed by atoms with van der Waals surface area (Å²) in [6.45, 7) is 4.61. The van der Waals surface area contributed by atoms with Crippen molar-refractivity contribution in [3.63, 3.8) is 0 Å². The van der Waals surface area contributed by atoms with Crippen molar-refractivity contribution in [2.45, 2.75) is 39.4 Å². The van der Waals surface area contributed by atoms with E-state index in [9.17, 15) is 18.0 Å². The second-order valence-corrected chi connectivity index (χ2v) is 11.3. The lowest BCUT2D eigenvalue weighted by atomic mass is 10.1. The minimum Gasteiger partial charge on any atom is -0.497 e. The normalized spacial score (nSPS) is 12.3. The molecule has 192 valence electrons. The van der Waals surface area contributed by atoms with E-state index in [1.165, 1.54) is 24.1 Å². The zero-order valence-corrected chi connectivity index (χ0v) is 23.1. The van der Waals surface area contributed by atoms with Crippen LogP contribution < -0.4 is 14.4 Å². The SMILES string of the molecule is COc1cccc(CN(C(=O)CN(c2cc(Cl)c(Cl)cc2Cl)S(C)(=O)=O)C(C)C(=O)NC(C)C)c1. The van der Waals surface area contributed by atoms with Gasteiger partial charge in [-0.2, -0.15) is 0 Å². The molecule has 0 fully saturated rings. The maximum atomic E-state index is 13.5. The van der Waals surface area contributed by atoms with Crippen molar-refractivity contribution in [3.8, 4) is 5.75 Å². The van der Waals surface area contributed by atoms with Gasteiger partial charge in [-0.15, -0.1) is 0 Å². The van der Waals surface area contributed by atoms with Gasteiger partial charge in [0, 0.05) is 12.6 Å². The molecule has 2 rings (SSSR count). The van der Waals surface area contributed by atoms with E-state index in [-0.39, 0.29) is 39.2 Å². The Kier molecular flexibility index (Phi) is 10.1. The van der Waals surface area contributed by atoms with E-state index in [0.29, 0.717) is 11.3 Å². The van der Waals surface area contributed by atoms with E-state index in [1.54, 1.807) is 45.0 Å². The molecule has 2 amide bonds. The van der Waals surface area contributed by atoms with E-state index in [0.717, 1.165) is 10.6 Å². The molecule has 35 heavy (non-hydrogen) atoms. The summed E-state index contributed by atoms with van der Waals surface area (Å²) in [5, 5.41) is 3.00. The van der Waals surface area contributed by atoms with Gasteiger partial charge in [0.1, 0.15) is 18.3 Å². The van der Waals surface area contributed by atoms with E-state index in [4.69, 9.17) is 39.5 Å². The molecule has 0 aliphatic carbocycles. The van der Waals surface area contributed by atoms with E-state index < -0.39 is 28.5 Å². The summed E-state index contributed by atoms with van der Waals surface area (Å²) in [4.78, 5) is 27.6. The number of nitrogens with zero attached hydrogens (tertiary/aromatic N) is 2. The summed E-state index contributed by atoms with van der Waals surface area (Å²) in [7, 11) is -2.45. The molecule has 0 aromatic heterocycles. The van der Waals surface area contributed by atoms with Crippen LogP contribution in [0.25, 0.3) is 0 Å². The minimum absolute atomic E-state index is 0.00229. The predicted molar refractivity (Wildman–Crippen MR) is 140 cm³/mol. The fourth-order valence-electron chi connectivity index (χ4n) is 3.25.